The van der Waals surface area contributed by atoms with E-state index >= 15 is 0 Å². The minimum absolute atomic E-state index is 0.222. The number of carbonyl (C=O) groups is 1. The van der Waals surface area contributed by atoms with E-state index in [1.807, 2.05) is 34.9 Å². The van der Waals surface area contributed by atoms with Crippen molar-refractivity contribution in [3.05, 3.63) is 23.9 Å². The van der Waals surface area contributed by atoms with Gasteiger partial charge in [0.1, 0.15) is 5.82 Å². The minimum atomic E-state index is -0.587. The van der Waals surface area contributed by atoms with Gasteiger partial charge in [-0.05, 0) is 17.5 Å². The number of aromatic nitrogens is 1. The smallest absolute Gasteiger partial charge is 0.255 e. The largest absolute Gasteiger partial charge is 0.391 e. The number of aliphatic hydroxyl groups is 1. The quantitative estimate of drug-likeness (QED) is 0.861. The summed E-state index contributed by atoms with van der Waals surface area (Å²) in [5.41, 5.74) is 0.251. The van der Waals surface area contributed by atoms with Crippen LogP contribution in [0.1, 0.15) is 31.1 Å². The van der Waals surface area contributed by atoms with Crippen LogP contribution < -0.4 is 10.2 Å². The van der Waals surface area contributed by atoms with E-state index in [0.717, 1.165) is 0 Å². The fourth-order valence-electron chi connectivity index (χ4n) is 1.52. The molecule has 0 spiro atoms. The summed E-state index contributed by atoms with van der Waals surface area (Å²) in [4.78, 5) is 18.1. The van der Waals surface area contributed by atoms with Gasteiger partial charge in [-0.15, -0.1) is 0 Å². The summed E-state index contributed by atoms with van der Waals surface area (Å²) in [5.74, 6) is 0.394. The van der Waals surface area contributed by atoms with Crippen molar-refractivity contribution in [3.63, 3.8) is 0 Å². The second kappa shape index (κ2) is 6.02. The lowest BCUT2D eigenvalue weighted by atomic mass is 9.89. The van der Waals surface area contributed by atoms with Crippen LogP contribution in [-0.4, -0.2) is 42.7 Å². The van der Waals surface area contributed by atoms with Gasteiger partial charge in [0.05, 0.1) is 11.7 Å². The average molecular weight is 265 g/mol. The second-order valence-corrected chi connectivity index (χ2v) is 5.86. The Balaban J connectivity index is 2.75. The second-order valence-electron chi connectivity index (χ2n) is 5.86. The van der Waals surface area contributed by atoms with Crippen LogP contribution in [0.5, 0.6) is 0 Å². The van der Waals surface area contributed by atoms with Gasteiger partial charge in [-0.1, -0.05) is 20.8 Å². The third-order valence-electron chi connectivity index (χ3n) is 2.91. The number of amides is 1. The molecule has 0 fully saturated rings. The lowest BCUT2D eigenvalue weighted by molar-refractivity contribution is 0.0587. The summed E-state index contributed by atoms with van der Waals surface area (Å²) >= 11 is 0. The highest BCUT2D eigenvalue weighted by molar-refractivity contribution is 5.98. The zero-order valence-corrected chi connectivity index (χ0v) is 12.3. The Morgan fingerprint density at radius 3 is 2.63 bits per heavy atom. The Morgan fingerprint density at radius 1 is 1.47 bits per heavy atom. The third-order valence-corrected chi connectivity index (χ3v) is 2.91. The van der Waals surface area contributed by atoms with Crippen LogP contribution in [0, 0.1) is 5.41 Å². The minimum Gasteiger partial charge on any atom is -0.391 e. The van der Waals surface area contributed by atoms with E-state index in [9.17, 15) is 9.90 Å². The highest BCUT2D eigenvalue weighted by Gasteiger charge is 2.23. The molecule has 0 aliphatic rings. The van der Waals surface area contributed by atoms with Crippen molar-refractivity contribution in [2.45, 2.75) is 26.9 Å². The van der Waals surface area contributed by atoms with Gasteiger partial charge in [0.15, 0.2) is 0 Å². The van der Waals surface area contributed by atoms with Gasteiger partial charge in [-0.25, -0.2) is 4.98 Å². The number of hydrogen-bond donors (Lipinski definition) is 2. The molecule has 0 bridgehead atoms. The summed E-state index contributed by atoms with van der Waals surface area (Å²) in [6, 6.07) is 3.45. The molecule has 0 aromatic carbocycles. The highest BCUT2D eigenvalue weighted by Crippen LogP contribution is 2.19. The number of carbonyl (C=O) groups excluding carboxylic acids is 1. The Hall–Kier alpha value is -1.62. The van der Waals surface area contributed by atoms with Gasteiger partial charge in [0.25, 0.3) is 5.91 Å². The van der Waals surface area contributed by atoms with Crippen molar-refractivity contribution >= 4 is 11.7 Å². The number of pyridine rings is 1. The van der Waals surface area contributed by atoms with Crippen LogP contribution in [-0.2, 0) is 0 Å². The highest BCUT2D eigenvalue weighted by atomic mass is 16.3. The van der Waals surface area contributed by atoms with Crippen molar-refractivity contribution in [2.24, 2.45) is 5.41 Å². The first-order valence-corrected chi connectivity index (χ1v) is 6.32. The molecule has 0 aliphatic heterocycles. The van der Waals surface area contributed by atoms with Crippen LogP contribution >= 0.6 is 0 Å². The Kier molecular flexibility index (Phi) is 4.89. The molecule has 0 saturated carbocycles. The van der Waals surface area contributed by atoms with E-state index in [2.05, 4.69) is 10.3 Å². The van der Waals surface area contributed by atoms with E-state index in [-0.39, 0.29) is 17.9 Å². The first-order valence-electron chi connectivity index (χ1n) is 6.32. The molecule has 106 valence electrons. The normalized spacial score (nSPS) is 12.9. The maximum atomic E-state index is 12.1. The van der Waals surface area contributed by atoms with Crippen LogP contribution in [0.15, 0.2) is 18.3 Å². The summed E-state index contributed by atoms with van der Waals surface area (Å²) in [6.45, 7) is 6.02. The zero-order chi connectivity index (χ0) is 14.6. The number of rotatable bonds is 4. The molecule has 0 saturated heterocycles. The molecule has 1 aromatic heterocycles. The molecular formula is C14H23N3O2. The van der Waals surface area contributed by atoms with E-state index in [4.69, 9.17) is 0 Å². The Morgan fingerprint density at radius 2 is 2.11 bits per heavy atom. The molecule has 1 atom stereocenters. The standard InChI is InChI=1S/C14H23N3O2/c1-14(2,3)11(18)9-16-13(19)10-7-6-8-15-12(10)17(4)5/h6-8,11,18H,9H2,1-5H3,(H,16,19). The van der Waals surface area contributed by atoms with Gasteiger partial charge in [-0.2, -0.15) is 0 Å². The first-order chi connectivity index (χ1) is 8.73. The molecule has 5 nitrogen and oxygen atoms in total. The molecule has 1 unspecified atom stereocenters. The molecule has 19 heavy (non-hydrogen) atoms. The summed E-state index contributed by atoms with van der Waals surface area (Å²) in [7, 11) is 3.67. The molecule has 1 aromatic rings. The van der Waals surface area contributed by atoms with Gasteiger partial charge in [-0.3, -0.25) is 4.79 Å². The van der Waals surface area contributed by atoms with Gasteiger partial charge in [0, 0.05) is 26.8 Å². The van der Waals surface area contributed by atoms with E-state index in [1.54, 1.807) is 23.2 Å². The van der Waals surface area contributed by atoms with Crippen molar-refractivity contribution in [1.82, 2.24) is 10.3 Å². The van der Waals surface area contributed by atoms with Crippen molar-refractivity contribution in [3.8, 4) is 0 Å². The lowest BCUT2D eigenvalue weighted by Crippen LogP contribution is -2.39. The maximum Gasteiger partial charge on any atom is 0.255 e. The van der Waals surface area contributed by atoms with Crippen LogP contribution in [0.2, 0.25) is 0 Å². The number of nitrogens with one attached hydrogen (secondary N) is 1. The summed E-state index contributed by atoms with van der Waals surface area (Å²) < 4.78 is 0. The van der Waals surface area contributed by atoms with Crippen LogP contribution in [0.4, 0.5) is 5.82 Å². The number of anilines is 1. The number of hydrogen-bond acceptors (Lipinski definition) is 4. The summed E-state index contributed by atoms with van der Waals surface area (Å²) in [6.07, 6.45) is 1.06. The Bertz CT molecular complexity index is 439. The molecular weight excluding hydrogens is 242 g/mol. The third kappa shape index (κ3) is 4.21. The number of nitrogens with zero attached hydrogens (tertiary/aromatic N) is 2. The SMILES string of the molecule is CN(C)c1ncccc1C(=O)NCC(O)C(C)(C)C. The molecule has 0 radical (unpaired) electrons. The maximum absolute atomic E-state index is 12.1. The monoisotopic (exact) mass is 265 g/mol. The van der Waals surface area contributed by atoms with Crippen molar-refractivity contribution in [2.75, 3.05) is 25.5 Å². The average Bonchev–Trinajstić information content (AvgIpc) is 2.34. The van der Waals surface area contributed by atoms with E-state index in [1.165, 1.54) is 0 Å². The predicted octanol–water partition coefficient (Wildman–Crippen LogP) is 1.28. The molecule has 1 heterocycles. The number of aliphatic hydroxyl groups excluding tert-OH is 1. The van der Waals surface area contributed by atoms with Gasteiger partial charge < -0.3 is 15.3 Å². The van der Waals surface area contributed by atoms with Gasteiger partial charge in [0.2, 0.25) is 0 Å². The fraction of sp³-hybridized carbons (Fsp3) is 0.571. The molecule has 1 amide bonds. The lowest BCUT2D eigenvalue weighted by Gasteiger charge is -2.26. The Labute approximate surface area is 114 Å². The van der Waals surface area contributed by atoms with Crippen LogP contribution in [0.3, 0.4) is 0 Å². The molecule has 1 rings (SSSR count). The zero-order valence-electron chi connectivity index (χ0n) is 12.3. The predicted molar refractivity (Wildman–Crippen MR) is 76.4 cm³/mol. The topological polar surface area (TPSA) is 65.5 Å². The van der Waals surface area contributed by atoms with E-state index < -0.39 is 6.10 Å². The molecule has 0 aliphatic carbocycles. The molecule has 2 N–H and O–H groups in total. The van der Waals surface area contributed by atoms with E-state index in [0.29, 0.717) is 11.4 Å². The fourth-order valence-corrected chi connectivity index (χ4v) is 1.52. The van der Waals surface area contributed by atoms with Crippen molar-refractivity contribution < 1.29 is 9.90 Å². The van der Waals surface area contributed by atoms with Crippen LogP contribution in [0.25, 0.3) is 0 Å². The molecule has 5 heteroatoms. The van der Waals surface area contributed by atoms with Crippen molar-refractivity contribution in [1.29, 1.82) is 0 Å². The summed E-state index contributed by atoms with van der Waals surface area (Å²) in [5, 5.41) is 12.7. The first kappa shape index (κ1) is 15.4. The van der Waals surface area contributed by atoms with Gasteiger partial charge >= 0.3 is 0 Å².